The second kappa shape index (κ2) is 6.15. The molecule has 6 nitrogen and oxygen atoms in total. The molecule has 2 heterocycles. The van der Waals surface area contributed by atoms with Crippen LogP contribution in [0.15, 0.2) is 35.7 Å². The summed E-state index contributed by atoms with van der Waals surface area (Å²) in [6, 6.07) is 8.24. The van der Waals surface area contributed by atoms with Gasteiger partial charge in [-0.2, -0.15) is 0 Å². The maximum Gasteiger partial charge on any atom is 0.271 e. The molecule has 1 amide bonds. The molecule has 0 fully saturated rings. The van der Waals surface area contributed by atoms with Gasteiger partial charge in [-0.05, 0) is 29.5 Å². The SMILES string of the molecule is O=C(CNc1cccc([N+](=O)[O-])c1)N1CCc2sccc2C1. The quantitative estimate of drug-likeness (QED) is 0.695. The number of nitrogens with one attached hydrogen (secondary N) is 1. The Morgan fingerprint density at radius 1 is 1.41 bits per heavy atom. The van der Waals surface area contributed by atoms with Crippen LogP contribution in [0.4, 0.5) is 11.4 Å². The number of benzene rings is 1. The lowest BCUT2D eigenvalue weighted by molar-refractivity contribution is -0.384. The van der Waals surface area contributed by atoms with Crippen LogP contribution in [0.1, 0.15) is 10.4 Å². The van der Waals surface area contributed by atoms with Gasteiger partial charge < -0.3 is 10.2 Å². The fourth-order valence-electron chi connectivity index (χ4n) is 2.48. The van der Waals surface area contributed by atoms with E-state index in [2.05, 4.69) is 16.8 Å². The summed E-state index contributed by atoms with van der Waals surface area (Å²) in [5.41, 5.74) is 1.81. The normalized spacial score (nSPS) is 13.5. The van der Waals surface area contributed by atoms with Crippen molar-refractivity contribution in [2.24, 2.45) is 0 Å². The number of nitro benzene ring substituents is 1. The van der Waals surface area contributed by atoms with Gasteiger partial charge in [-0.25, -0.2) is 0 Å². The van der Waals surface area contributed by atoms with E-state index in [9.17, 15) is 14.9 Å². The lowest BCUT2D eigenvalue weighted by Crippen LogP contribution is -2.38. The highest BCUT2D eigenvalue weighted by molar-refractivity contribution is 7.10. The first-order chi connectivity index (χ1) is 10.6. The highest BCUT2D eigenvalue weighted by atomic mass is 32.1. The van der Waals surface area contributed by atoms with Gasteiger partial charge in [0.25, 0.3) is 5.69 Å². The summed E-state index contributed by atoms with van der Waals surface area (Å²) < 4.78 is 0. The number of anilines is 1. The van der Waals surface area contributed by atoms with Gasteiger partial charge in [0.15, 0.2) is 0 Å². The van der Waals surface area contributed by atoms with Gasteiger partial charge in [-0.1, -0.05) is 6.07 Å². The van der Waals surface area contributed by atoms with Crippen molar-refractivity contribution in [2.75, 3.05) is 18.4 Å². The van der Waals surface area contributed by atoms with Crippen LogP contribution in [0.3, 0.4) is 0 Å². The topological polar surface area (TPSA) is 75.5 Å². The minimum atomic E-state index is -0.449. The molecule has 114 valence electrons. The summed E-state index contributed by atoms with van der Waals surface area (Å²) in [7, 11) is 0. The van der Waals surface area contributed by atoms with E-state index in [1.807, 2.05) is 4.90 Å². The summed E-state index contributed by atoms with van der Waals surface area (Å²) in [6.45, 7) is 1.51. The van der Waals surface area contributed by atoms with Crippen molar-refractivity contribution in [1.82, 2.24) is 4.90 Å². The maximum atomic E-state index is 12.3. The lowest BCUT2D eigenvalue weighted by Gasteiger charge is -2.27. The molecule has 7 heteroatoms. The summed E-state index contributed by atoms with van der Waals surface area (Å²) in [4.78, 5) is 25.7. The molecule has 0 unspecified atom stereocenters. The van der Waals surface area contributed by atoms with Gasteiger partial charge in [-0.3, -0.25) is 14.9 Å². The molecule has 2 aromatic rings. The summed E-state index contributed by atoms with van der Waals surface area (Å²) in [6.07, 6.45) is 0.898. The van der Waals surface area contributed by atoms with Crippen LogP contribution in [-0.2, 0) is 17.8 Å². The number of hydrogen-bond acceptors (Lipinski definition) is 5. The number of hydrogen-bond donors (Lipinski definition) is 1. The van der Waals surface area contributed by atoms with Crippen LogP contribution in [-0.4, -0.2) is 28.8 Å². The van der Waals surface area contributed by atoms with Crippen LogP contribution in [0, 0.1) is 10.1 Å². The van der Waals surface area contributed by atoms with Crippen LogP contribution in [0.5, 0.6) is 0 Å². The monoisotopic (exact) mass is 317 g/mol. The highest BCUT2D eigenvalue weighted by Gasteiger charge is 2.21. The van der Waals surface area contributed by atoms with Crippen LogP contribution in [0.25, 0.3) is 0 Å². The number of fused-ring (bicyclic) bond motifs is 1. The Morgan fingerprint density at radius 3 is 3.09 bits per heavy atom. The second-order valence-corrected chi connectivity index (χ2v) is 6.10. The molecule has 0 bridgehead atoms. The zero-order valence-electron chi connectivity index (χ0n) is 11.8. The van der Waals surface area contributed by atoms with Gasteiger partial charge in [0.2, 0.25) is 5.91 Å². The molecule has 1 aliphatic rings. The van der Waals surface area contributed by atoms with E-state index in [1.54, 1.807) is 23.5 Å². The standard InChI is InChI=1S/C15H15N3O3S/c19-15(17-6-4-14-11(10-17)5-7-22-14)9-16-12-2-1-3-13(8-12)18(20)21/h1-3,5,7-8,16H,4,6,9-10H2. The van der Waals surface area contributed by atoms with Crippen molar-refractivity contribution in [3.8, 4) is 0 Å². The molecule has 0 saturated carbocycles. The summed E-state index contributed by atoms with van der Waals surface area (Å²) >= 11 is 1.74. The molecule has 1 aromatic heterocycles. The highest BCUT2D eigenvalue weighted by Crippen LogP contribution is 2.24. The van der Waals surface area contributed by atoms with Gasteiger partial charge in [0.1, 0.15) is 0 Å². The Hall–Kier alpha value is -2.41. The van der Waals surface area contributed by atoms with Crippen LogP contribution in [0.2, 0.25) is 0 Å². The van der Waals surface area contributed by atoms with Crippen molar-refractivity contribution in [2.45, 2.75) is 13.0 Å². The first-order valence-electron chi connectivity index (χ1n) is 6.95. The average Bonchev–Trinajstić information content (AvgIpc) is 3.00. The van der Waals surface area contributed by atoms with Crippen LogP contribution >= 0.6 is 11.3 Å². The Kier molecular flexibility index (Phi) is 4.06. The van der Waals surface area contributed by atoms with E-state index < -0.39 is 4.92 Å². The molecule has 0 spiro atoms. The molecule has 1 N–H and O–H groups in total. The zero-order valence-corrected chi connectivity index (χ0v) is 12.6. The molecule has 0 atom stereocenters. The largest absolute Gasteiger partial charge is 0.376 e. The average molecular weight is 317 g/mol. The number of nitro groups is 1. The van der Waals surface area contributed by atoms with Gasteiger partial charge in [0, 0.05) is 35.8 Å². The van der Waals surface area contributed by atoms with E-state index in [-0.39, 0.29) is 18.1 Å². The maximum absolute atomic E-state index is 12.3. The van der Waals surface area contributed by atoms with Crippen molar-refractivity contribution in [3.63, 3.8) is 0 Å². The summed E-state index contributed by atoms with van der Waals surface area (Å²) in [5.74, 6) is 0.00311. The van der Waals surface area contributed by atoms with Gasteiger partial charge >= 0.3 is 0 Å². The van der Waals surface area contributed by atoms with E-state index in [0.29, 0.717) is 12.2 Å². The molecule has 3 rings (SSSR count). The number of nitrogens with zero attached hydrogens (tertiary/aromatic N) is 2. The van der Waals surface area contributed by atoms with Crippen molar-refractivity contribution < 1.29 is 9.72 Å². The second-order valence-electron chi connectivity index (χ2n) is 5.10. The Labute approximate surface area is 131 Å². The number of thiophene rings is 1. The van der Waals surface area contributed by atoms with Crippen molar-refractivity contribution in [3.05, 3.63) is 56.3 Å². The predicted molar refractivity (Wildman–Crippen MR) is 85.0 cm³/mol. The number of non-ortho nitro benzene ring substituents is 1. The fraction of sp³-hybridized carbons (Fsp3) is 0.267. The van der Waals surface area contributed by atoms with Gasteiger partial charge in [0.05, 0.1) is 11.5 Å². The molecule has 1 aliphatic heterocycles. The van der Waals surface area contributed by atoms with E-state index in [1.165, 1.54) is 22.6 Å². The Balaban J connectivity index is 1.59. The molecule has 22 heavy (non-hydrogen) atoms. The first-order valence-corrected chi connectivity index (χ1v) is 7.83. The Bertz CT molecular complexity index is 714. The smallest absolute Gasteiger partial charge is 0.271 e. The summed E-state index contributed by atoms with van der Waals surface area (Å²) in [5, 5.41) is 15.8. The Morgan fingerprint density at radius 2 is 2.27 bits per heavy atom. The third kappa shape index (κ3) is 3.09. The number of amides is 1. The molecule has 0 aliphatic carbocycles. The molecule has 0 radical (unpaired) electrons. The fourth-order valence-corrected chi connectivity index (χ4v) is 3.37. The van der Waals surface area contributed by atoms with E-state index >= 15 is 0 Å². The third-order valence-electron chi connectivity index (χ3n) is 3.66. The minimum Gasteiger partial charge on any atom is -0.376 e. The van der Waals surface area contributed by atoms with Crippen molar-refractivity contribution >= 4 is 28.6 Å². The zero-order chi connectivity index (χ0) is 15.5. The predicted octanol–water partition coefficient (Wildman–Crippen LogP) is 2.65. The number of carbonyl (C=O) groups excluding carboxylic acids is 1. The number of rotatable bonds is 4. The van der Waals surface area contributed by atoms with Gasteiger partial charge in [-0.15, -0.1) is 11.3 Å². The minimum absolute atomic E-state index is 0.00311. The van der Waals surface area contributed by atoms with E-state index in [4.69, 9.17) is 0 Å². The lowest BCUT2D eigenvalue weighted by atomic mass is 10.1. The first kappa shape index (κ1) is 14.5. The molecular formula is C15H15N3O3S. The molecule has 1 aromatic carbocycles. The number of carbonyl (C=O) groups is 1. The molecule has 0 saturated heterocycles. The van der Waals surface area contributed by atoms with Crippen LogP contribution < -0.4 is 5.32 Å². The third-order valence-corrected chi connectivity index (χ3v) is 4.68. The molecular weight excluding hydrogens is 302 g/mol. The van der Waals surface area contributed by atoms with E-state index in [0.717, 1.165) is 13.0 Å². The van der Waals surface area contributed by atoms with Crippen molar-refractivity contribution in [1.29, 1.82) is 0 Å².